The van der Waals surface area contributed by atoms with E-state index in [2.05, 4.69) is 25.7 Å². The summed E-state index contributed by atoms with van der Waals surface area (Å²) in [6.45, 7) is 10.6. The number of hydrogen-bond donors (Lipinski definition) is 2. The number of aliphatic hydroxyl groups is 1. The van der Waals surface area contributed by atoms with Gasteiger partial charge in [-0.3, -0.25) is 9.80 Å². The minimum atomic E-state index is -0.477. The van der Waals surface area contributed by atoms with Crippen LogP contribution < -0.4 is 20.6 Å². The third kappa shape index (κ3) is 7.08. The SMILES string of the molecule is CN(C)CC(C)(C)Oc1ccc(Nc2cc(-c3cccc(N4Cc5c(F)cc(C(C)(C)C)cc5C=N4)c3CO)nn(C)c2=O)nn1. The van der Waals surface area contributed by atoms with Crippen LogP contribution in [0.3, 0.4) is 0 Å². The van der Waals surface area contributed by atoms with E-state index in [1.54, 1.807) is 42.5 Å². The molecule has 0 atom stereocenters. The Morgan fingerprint density at radius 1 is 1.07 bits per heavy atom. The standard InChI is InChI=1S/C34H41FN8O3/c1-33(2,3)22-14-21-17-36-43(18-24(21)26(35)15-22)29-11-9-10-23(25(29)19-44)27-16-28(32(45)42(8)40-27)37-30-12-13-31(39-38-30)46-34(4,5)20-41(6)7/h9-17,44H,18-20H2,1-8H3,(H,37,38). The van der Waals surface area contributed by atoms with E-state index in [-0.39, 0.29) is 35.6 Å². The average Bonchev–Trinajstić information content (AvgIpc) is 2.98. The van der Waals surface area contributed by atoms with Crippen LogP contribution in [0.4, 0.5) is 21.6 Å². The number of rotatable bonds is 9. The molecule has 0 amide bonds. The van der Waals surface area contributed by atoms with Crippen LogP contribution in [0.5, 0.6) is 5.88 Å². The van der Waals surface area contributed by atoms with Crippen molar-refractivity contribution in [2.45, 2.75) is 58.8 Å². The highest BCUT2D eigenvalue weighted by molar-refractivity contribution is 5.85. The number of hydrogen-bond acceptors (Lipinski definition) is 10. The van der Waals surface area contributed by atoms with Gasteiger partial charge in [-0.2, -0.15) is 10.2 Å². The zero-order valence-electron chi connectivity index (χ0n) is 27.6. The molecule has 2 aromatic carbocycles. The van der Waals surface area contributed by atoms with Crippen LogP contribution >= 0.6 is 0 Å². The van der Waals surface area contributed by atoms with Gasteiger partial charge >= 0.3 is 0 Å². The maximum atomic E-state index is 15.3. The van der Waals surface area contributed by atoms with Crippen molar-refractivity contribution in [2.75, 3.05) is 31.0 Å². The van der Waals surface area contributed by atoms with Crippen molar-refractivity contribution < 1.29 is 14.2 Å². The lowest BCUT2D eigenvalue weighted by atomic mass is 9.85. The summed E-state index contributed by atoms with van der Waals surface area (Å²) in [5.74, 6) is 0.416. The van der Waals surface area contributed by atoms with Crippen LogP contribution in [-0.4, -0.2) is 62.4 Å². The zero-order chi connectivity index (χ0) is 33.4. The van der Waals surface area contributed by atoms with Crippen LogP contribution in [-0.2, 0) is 25.6 Å². The predicted octanol–water partition coefficient (Wildman–Crippen LogP) is 4.98. The van der Waals surface area contributed by atoms with Gasteiger partial charge in [-0.05, 0) is 69.3 Å². The number of benzene rings is 2. The smallest absolute Gasteiger partial charge is 0.290 e. The summed E-state index contributed by atoms with van der Waals surface area (Å²) >= 11 is 0. The molecule has 2 aromatic heterocycles. The first-order chi connectivity index (χ1) is 21.6. The maximum Gasteiger partial charge on any atom is 0.290 e. The first kappa shape index (κ1) is 32.7. The number of hydrazone groups is 1. The molecule has 3 heterocycles. The fourth-order valence-electron chi connectivity index (χ4n) is 5.55. The molecule has 46 heavy (non-hydrogen) atoms. The van der Waals surface area contributed by atoms with Crippen molar-refractivity contribution in [3.8, 4) is 17.1 Å². The van der Waals surface area contributed by atoms with Crippen LogP contribution in [0.15, 0.2) is 58.4 Å². The van der Waals surface area contributed by atoms with E-state index in [1.807, 2.05) is 77.9 Å². The molecule has 0 unspecified atom stereocenters. The summed E-state index contributed by atoms with van der Waals surface area (Å²) < 4.78 is 22.5. The van der Waals surface area contributed by atoms with Crippen molar-refractivity contribution in [3.05, 3.63) is 87.0 Å². The second-order valence-electron chi connectivity index (χ2n) is 13.4. The van der Waals surface area contributed by atoms with Crippen molar-refractivity contribution in [1.29, 1.82) is 0 Å². The van der Waals surface area contributed by atoms with Gasteiger partial charge in [-0.1, -0.05) is 32.9 Å². The highest BCUT2D eigenvalue weighted by Gasteiger charge is 2.25. The largest absolute Gasteiger partial charge is 0.469 e. The van der Waals surface area contributed by atoms with Gasteiger partial charge in [0, 0.05) is 41.9 Å². The van der Waals surface area contributed by atoms with E-state index in [4.69, 9.17) is 4.74 Å². The summed E-state index contributed by atoms with van der Waals surface area (Å²) in [4.78, 5) is 15.1. The fourth-order valence-corrected chi connectivity index (χ4v) is 5.55. The van der Waals surface area contributed by atoms with E-state index < -0.39 is 5.60 Å². The van der Waals surface area contributed by atoms with Crippen molar-refractivity contribution in [3.63, 3.8) is 0 Å². The number of fused-ring (bicyclic) bond motifs is 1. The quantitative estimate of drug-likeness (QED) is 0.264. The molecule has 1 aliphatic heterocycles. The summed E-state index contributed by atoms with van der Waals surface area (Å²) in [5, 5.41) is 32.7. The normalized spacial score (nSPS) is 13.2. The number of likely N-dealkylation sites (N-methyl/N-ethyl adjacent to an activating group) is 1. The van der Waals surface area contributed by atoms with Gasteiger partial charge < -0.3 is 20.1 Å². The molecule has 0 aliphatic carbocycles. The topological polar surface area (TPSA) is 121 Å². The number of aliphatic hydroxyl groups excluding tert-OH is 1. The molecular formula is C34H41FN8O3. The lowest BCUT2D eigenvalue weighted by Gasteiger charge is -2.28. The van der Waals surface area contributed by atoms with E-state index in [1.165, 1.54) is 4.68 Å². The van der Waals surface area contributed by atoms with Crippen molar-refractivity contribution >= 4 is 23.4 Å². The molecule has 12 heteroatoms. The average molecular weight is 629 g/mol. The number of ether oxygens (including phenoxy) is 1. The fraction of sp³-hybridized carbons (Fsp3) is 0.382. The molecule has 242 valence electrons. The van der Waals surface area contributed by atoms with Gasteiger partial charge in [0.25, 0.3) is 5.56 Å². The molecule has 11 nitrogen and oxygen atoms in total. The Morgan fingerprint density at radius 2 is 1.83 bits per heavy atom. The van der Waals surface area contributed by atoms with Crippen LogP contribution in [0.1, 0.15) is 56.9 Å². The molecule has 5 rings (SSSR count). The van der Waals surface area contributed by atoms with Crippen molar-refractivity contribution in [1.82, 2.24) is 24.9 Å². The number of nitrogens with one attached hydrogen (secondary N) is 1. The van der Waals surface area contributed by atoms with E-state index in [0.29, 0.717) is 46.3 Å². The lowest BCUT2D eigenvalue weighted by Crippen LogP contribution is -2.39. The van der Waals surface area contributed by atoms with Gasteiger partial charge in [0.15, 0.2) is 5.82 Å². The number of aromatic nitrogens is 4. The Bertz CT molecular complexity index is 1830. The Labute approximate surface area is 268 Å². The van der Waals surface area contributed by atoms with Gasteiger partial charge in [-0.15, -0.1) is 10.2 Å². The minimum Gasteiger partial charge on any atom is -0.469 e. The summed E-state index contributed by atoms with van der Waals surface area (Å²) in [5.41, 5.74) is 3.50. The van der Waals surface area contributed by atoms with Crippen LogP contribution in [0.25, 0.3) is 11.3 Å². The van der Waals surface area contributed by atoms with Gasteiger partial charge in [0.1, 0.15) is 17.1 Å². The Kier molecular flexibility index (Phi) is 8.96. The van der Waals surface area contributed by atoms with Gasteiger partial charge in [0.05, 0.1) is 30.7 Å². The Morgan fingerprint density at radius 3 is 2.48 bits per heavy atom. The maximum absolute atomic E-state index is 15.3. The van der Waals surface area contributed by atoms with Gasteiger partial charge in [0.2, 0.25) is 5.88 Å². The van der Waals surface area contributed by atoms with E-state index in [9.17, 15) is 9.90 Å². The van der Waals surface area contributed by atoms with E-state index in [0.717, 1.165) is 11.1 Å². The second-order valence-corrected chi connectivity index (χ2v) is 13.4. The second kappa shape index (κ2) is 12.6. The minimum absolute atomic E-state index is 0.191. The third-order valence-electron chi connectivity index (χ3n) is 7.65. The van der Waals surface area contributed by atoms with Gasteiger partial charge in [-0.25, -0.2) is 9.07 Å². The predicted molar refractivity (Wildman–Crippen MR) is 178 cm³/mol. The molecular weight excluding hydrogens is 587 g/mol. The molecule has 0 bridgehead atoms. The lowest BCUT2D eigenvalue weighted by molar-refractivity contribution is 0.0715. The molecule has 1 aliphatic rings. The van der Waals surface area contributed by atoms with E-state index >= 15 is 4.39 Å². The van der Waals surface area contributed by atoms with Crippen LogP contribution in [0.2, 0.25) is 0 Å². The monoisotopic (exact) mass is 628 g/mol. The highest BCUT2D eigenvalue weighted by atomic mass is 19.1. The first-order valence-electron chi connectivity index (χ1n) is 15.1. The first-order valence-corrected chi connectivity index (χ1v) is 15.1. The molecule has 0 spiro atoms. The summed E-state index contributed by atoms with van der Waals surface area (Å²) in [6.07, 6.45) is 1.65. The highest BCUT2D eigenvalue weighted by Crippen LogP contribution is 2.35. The number of halogens is 1. The number of aryl methyl sites for hydroxylation is 1. The molecule has 0 saturated carbocycles. The third-order valence-corrected chi connectivity index (χ3v) is 7.65. The molecule has 0 fully saturated rings. The molecule has 4 aromatic rings. The summed E-state index contributed by atoms with van der Waals surface area (Å²) in [7, 11) is 5.49. The van der Waals surface area contributed by atoms with Crippen LogP contribution in [0, 0.1) is 5.82 Å². The zero-order valence-corrected chi connectivity index (χ0v) is 27.6. The summed E-state index contributed by atoms with van der Waals surface area (Å²) in [6, 6.07) is 14.0. The molecule has 0 radical (unpaired) electrons. The molecule has 2 N–H and O–H groups in total. The van der Waals surface area contributed by atoms with Crippen molar-refractivity contribution in [2.24, 2.45) is 12.1 Å². The Balaban J connectivity index is 1.43. The number of nitrogens with zero attached hydrogens (tertiary/aromatic N) is 7. The molecule has 0 saturated heterocycles. The number of anilines is 3. The Hall–Kier alpha value is -4.68.